The van der Waals surface area contributed by atoms with Gasteiger partial charge in [0.1, 0.15) is 0 Å². The Labute approximate surface area is 120 Å². The molecule has 19 heavy (non-hydrogen) atoms. The van der Waals surface area contributed by atoms with Crippen molar-refractivity contribution in [1.82, 2.24) is 9.80 Å². The standard InChI is InChI=1S/C16H35N3/c1-6-7-8-10-19(15(4)5)16(12-17)9-11-18(13-16)14(2)3/h14-15H,6-13,17H2,1-5H3. The Hall–Kier alpha value is -0.120. The van der Waals surface area contributed by atoms with Gasteiger partial charge in [0.2, 0.25) is 0 Å². The number of hydrogen-bond donors (Lipinski definition) is 1. The average molecular weight is 269 g/mol. The van der Waals surface area contributed by atoms with Gasteiger partial charge in [-0.05, 0) is 47.1 Å². The quantitative estimate of drug-likeness (QED) is 0.688. The molecular weight excluding hydrogens is 234 g/mol. The number of nitrogens with zero attached hydrogens (tertiary/aromatic N) is 2. The van der Waals surface area contributed by atoms with Crippen LogP contribution in [0.15, 0.2) is 0 Å². The second-order valence-corrected chi connectivity index (χ2v) is 6.74. The summed E-state index contributed by atoms with van der Waals surface area (Å²) in [5.74, 6) is 0. The largest absolute Gasteiger partial charge is 0.329 e. The van der Waals surface area contributed by atoms with Crippen LogP contribution in [0.2, 0.25) is 0 Å². The van der Waals surface area contributed by atoms with Gasteiger partial charge in [-0.3, -0.25) is 9.80 Å². The first kappa shape index (κ1) is 16.9. The van der Waals surface area contributed by atoms with Crippen LogP contribution in [0.3, 0.4) is 0 Å². The molecule has 1 unspecified atom stereocenters. The van der Waals surface area contributed by atoms with E-state index >= 15 is 0 Å². The first-order chi connectivity index (χ1) is 8.96. The second-order valence-electron chi connectivity index (χ2n) is 6.74. The third-order valence-corrected chi connectivity index (χ3v) is 4.71. The highest BCUT2D eigenvalue weighted by Crippen LogP contribution is 2.30. The SMILES string of the molecule is CCCCCN(C(C)C)C1(CN)CCN(C(C)C)C1. The lowest BCUT2D eigenvalue weighted by Gasteiger charge is -2.44. The van der Waals surface area contributed by atoms with Crippen LogP contribution in [0.1, 0.15) is 60.3 Å². The van der Waals surface area contributed by atoms with Crippen LogP contribution in [0.4, 0.5) is 0 Å². The van der Waals surface area contributed by atoms with Crippen molar-refractivity contribution in [3.63, 3.8) is 0 Å². The Morgan fingerprint density at radius 2 is 1.89 bits per heavy atom. The number of unbranched alkanes of at least 4 members (excludes halogenated alkanes) is 2. The van der Waals surface area contributed by atoms with E-state index in [1.54, 1.807) is 0 Å². The summed E-state index contributed by atoms with van der Waals surface area (Å²) in [6, 6.07) is 1.23. The maximum Gasteiger partial charge on any atom is 0.0473 e. The van der Waals surface area contributed by atoms with E-state index in [2.05, 4.69) is 44.4 Å². The van der Waals surface area contributed by atoms with Crippen molar-refractivity contribution in [3.05, 3.63) is 0 Å². The lowest BCUT2D eigenvalue weighted by molar-refractivity contribution is 0.0617. The average Bonchev–Trinajstić information content (AvgIpc) is 2.80. The smallest absolute Gasteiger partial charge is 0.0473 e. The summed E-state index contributed by atoms with van der Waals surface area (Å²) < 4.78 is 0. The third kappa shape index (κ3) is 4.17. The van der Waals surface area contributed by atoms with Crippen molar-refractivity contribution >= 4 is 0 Å². The fraction of sp³-hybridized carbons (Fsp3) is 1.00. The van der Waals surface area contributed by atoms with E-state index in [9.17, 15) is 0 Å². The summed E-state index contributed by atoms with van der Waals surface area (Å²) in [5.41, 5.74) is 6.42. The second kappa shape index (κ2) is 7.61. The van der Waals surface area contributed by atoms with Gasteiger partial charge in [0.05, 0.1) is 0 Å². The molecule has 1 rings (SSSR count). The highest BCUT2D eigenvalue weighted by atomic mass is 15.3. The van der Waals surface area contributed by atoms with E-state index in [1.807, 2.05) is 0 Å². The van der Waals surface area contributed by atoms with Crippen molar-refractivity contribution < 1.29 is 0 Å². The van der Waals surface area contributed by atoms with E-state index in [0.29, 0.717) is 12.1 Å². The van der Waals surface area contributed by atoms with Gasteiger partial charge in [-0.25, -0.2) is 0 Å². The number of hydrogen-bond acceptors (Lipinski definition) is 3. The molecule has 0 spiro atoms. The lowest BCUT2D eigenvalue weighted by Crippen LogP contribution is -2.58. The lowest BCUT2D eigenvalue weighted by atomic mass is 9.93. The molecule has 0 aromatic rings. The van der Waals surface area contributed by atoms with E-state index in [-0.39, 0.29) is 5.54 Å². The summed E-state index contributed by atoms with van der Waals surface area (Å²) in [7, 11) is 0. The molecule has 0 aliphatic carbocycles. The van der Waals surface area contributed by atoms with Crippen LogP contribution in [0.25, 0.3) is 0 Å². The van der Waals surface area contributed by atoms with E-state index < -0.39 is 0 Å². The molecule has 114 valence electrons. The highest BCUT2D eigenvalue weighted by molar-refractivity contribution is 5.01. The topological polar surface area (TPSA) is 32.5 Å². The monoisotopic (exact) mass is 269 g/mol. The van der Waals surface area contributed by atoms with Gasteiger partial charge < -0.3 is 5.73 Å². The van der Waals surface area contributed by atoms with Gasteiger partial charge in [0.25, 0.3) is 0 Å². The van der Waals surface area contributed by atoms with Gasteiger partial charge >= 0.3 is 0 Å². The molecule has 1 atom stereocenters. The van der Waals surface area contributed by atoms with Crippen molar-refractivity contribution in [3.8, 4) is 0 Å². The zero-order valence-electron chi connectivity index (χ0n) is 13.8. The van der Waals surface area contributed by atoms with Crippen molar-refractivity contribution in [2.45, 2.75) is 77.9 Å². The molecule has 1 heterocycles. The Balaban J connectivity index is 2.73. The maximum atomic E-state index is 6.21. The molecule has 1 saturated heterocycles. The molecule has 0 radical (unpaired) electrons. The molecule has 2 N–H and O–H groups in total. The molecule has 0 bridgehead atoms. The minimum Gasteiger partial charge on any atom is -0.329 e. The zero-order chi connectivity index (χ0) is 14.5. The van der Waals surface area contributed by atoms with E-state index in [0.717, 1.165) is 13.1 Å². The number of nitrogens with two attached hydrogens (primary N) is 1. The summed E-state index contributed by atoms with van der Waals surface area (Å²) in [6.07, 6.45) is 5.15. The Morgan fingerprint density at radius 1 is 1.21 bits per heavy atom. The molecule has 1 fully saturated rings. The molecule has 1 aliphatic rings. The maximum absolute atomic E-state index is 6.21. The Kier molecular flexibility index (Phi) is 6.78. The molecule has 0 amide bonds. The summed E-state index contributed by atoms with van der Waals surface area (Å²) in [4.78, 5) is 5.27. The molecule has 0 saturated carbocycles. The number of likely N-dealkylation sites (tertiary alicyclic amines) is 1. The normalized spacial score (nSPS) is 25.1. The van der Waals surface area contributed by atoms with Crippen LogP contribution in [0, 0.1) is 0 Å². The van der Waals surface area contributed by atoms with Gasteiger partial charge in [-0.2, -0.15) is 0 Å². The molecule has 0 aromatic heterocycles. The van der Waals surface area contributed by atoms with E-state index in [1.165, 1.54) is 38.8 Å². The molecule has 3 nitrogen and oxygen atoms in total. The van der Waals surface area contributed by atoms with Crippen LogP contribution in [0.5, 0.6) is 0 Å². The van der Waals surface area contributed by atoms with Gasteiger partial charge in [-0.1, -0.05) is 19.8 Å². The highest BCUT2D eigenvalue weighted by Gasteiger charge is 2.43. The fourth-order valence-electron chi connectivity index (χ4n) is 3.42. The summed E-state index contributed by atoms with van der Waals surface area (Å²) >= 11 is 0. The molecule has 0 aromatic carbocycles. The molecule has 1 aliphatic heterocycles. The zero-order valence-corrected chi connectivity index (χ0v) is 13.8. The van der Waals surface area contributed by atoms with E-state index in [4.69, 9.17) is 5.73 Å². The summed E-state index contributed by atoms with van der Waals surface area (Å²) in [5, 5.41) is 0. The minimum absolute atomic E-state index is 0.214. The van der Waals surface area contributed by atoms with Gasteiger partial charge in [-0.15, -0.1) is 0 Å². The Morgan fingerprint density at radius 3 is 2.32 bits per heavy atom. The van der Waals surface area contributed by atoms with Gasteiger partial charge in [0, 0.05) is 37.3 Å². The van der Waals surface area contributed by atoms with Crippen molar-refractivity contribution in [1.29, 1.82) is 0 Å². The fourth-order valence-corrected chi connectivity index (χ4v) is 3.42. The first-order valence-corrected chi connectivity index (χ1v) is 8.17. The van der Waals surface area contributed by atoms with Crippen LogP contribution in [-0.4, -0.2) is 53.6 Å². The van der Waals surface area contributed by atoms with Crippen molar-refractivity contribution in [2.24, 2.45) is 5.73 Å². The van der Waals surface area contributed by atoms with Crippen LogP contribution < -0.4 is 5.73 Å². The summed E-state index contributed by atoms with van der Waals surface area (Å²) in [6.45, 7) is 15.8. The first-order valence-electron chi connectivity index (χ1n) is 8.17. The predicted octanol–water partition coefficient (Wildman–Crippen LogP) is 2.70. The van der Waals surface area contributed by atoms with Crippen LogP contribution >= 0.6 is 0 Å². The number of rotatable bonds is 8. The third-order valence-electron chi connectivity index (χ3n) is 4.71. The Bertz CT molecular complexity index is 252. The van der Waals surface area contributed by atoms with Gasteiger partial charge in [0.15, 0.2) is 0 Å². The van der Waals surface area contributed by atoms with Crippen LogP contribution in [-0.2, 0) is 0 Å². The van der Waals surface area contributed by atoms with Crippen molar-refractivity contribution in [2.75, 3.05) is 26.2 Å². The molecule has 3 heteroatoms. The predicted molar refractivity (Wildman–Crippen MR) is 84.5 cm³/mol. The molecular formula is C16H35N3. The minimum atomic E-state index is 0.214.